The number of carboxylic acids is 1. The van der Waals surface area contributed by atoms with Gasteiger partial charge in [0.25, 0.3) is 0 Å². The second-order valence-electron chi connectivity index (χ2n) is 7.73. The van der Waals surface area contributed by atoms with Gasteiger partial charge in [0.05, 0.1) is 0 Å². The van der Waals surface area contributed by atoms with Crippen molar-refractivity contribution in [2.24, 2.45) is 0 Å². The van der Waals surface area contributed by atoms with Crippen LogP contribution < -0.4 is 26.9 Å². The zero-order valence-electron chi connectivity index (χ0n) is 19.3. The lowest BCUT2D eigenvalue weighted by Crippen LogP contribution is -2.53. The van der Waals surface area contributed by atoms with Gasteiger partial charge in [0.15, 0.2) is 0 Å². The second-order valence-corrected chi connectivity index (χ2v) is 7.73. The zero-order chi connectivity index (χ0) is 25.3. The molecule has 5 N–H and O–H groups in total. The van der Waals surface area contributed by atoms with Gasteiger partial charge in [-0.25, -0.2) is 4.79 Å². The number of nitrogens with one attached hydrogen (secondary N) is 4. The Morgan fingerprint density at radius 1 is 1.06 bits per heavy atom. The third kappa shape index (κ3) is 7.69. The molecule has 0 aliphatic heterocycles. The minimum atomic E-state index is -1.17. The number of likely N-dealkylation sites (N-methyl/N-ethyl adjacent to an activating group) is 1. The fourth-order valence-corrected chi connectivity index (χ4v) is 3.34. The molecule has 3 amide bonds. The molecule has 0 saturated carbocycles. The van der Waals surface area contributed by atoms with Crippen LogP contribution in [0.2, 0.25) is 0 Å². The van der Waals surface area contributed by atoms with Crippen LogP contribution in [0.15, 0.2) is 33.5 Å². The summed E-state index contributed by atoms with van der Waals surface area (Å²) in [4.78, 5) is 60.3. The quantitative estimate of drug-likeness (QED) is 0.285. The maximum absolute atomic E-state index is 12.9. The first-order valence-electron chi connectivity index (χ1n) is 10.8. The normalized spacial score (nSPS) is 12.6. The number of hydrogen-bond acceptors (Lipinski definition) is 7. The van der Waals surface area contributed by atoms with Gasteiger partial charge in [-0.2, -0.15) is 0 Å². The molecule has 0 aliphatic carbocycles. The Morgan fingerprint density at radius 2 is 1.76 bits per heavy atom. The molecule has 0 fully saturated rings. The average Bonchev–Trinajstić information content (AvgIpc) is 2.75. The smallest absolute Gasteiger partial charge is 0.336 e. The summed E-state index contributed by atoms with van der Waals surface area (Å²) in [6.07, 6.45) is 0.393. The number of aliphatic carboxylic acids is 1. The van der Waals surface area contributed by atoms with Gasteiger partial charge in [-0.1, -0.05) is 13.3 Å². The number of carboxylic acid groups (broad SMARTS) is 1. The minimum Gasteiger partial charge on any atom is -0.481 e. The highest BCUT2D eigenvalue weighted by Gasteiger charge is 2.27. The van der Waals surface area contributed by atoms with Gasteiger partial charge >= 0.3 is 11.6 Å². The number of anilines is 1. The highest BCUT2D eigenvalue weighted by atomic mass is 16.4. The fourth-order valence-electron chi connectivity index (χ4n) is 3.34. The van der Waals surface area contributed by atoms with E-state index in [1.807, 2.05) is 6.92 Å². The number of carbonyl (C=O) groups is 4. The van der Waals surface area contributed by atoms with Crippen LogP contribution in [-0.2, 0) is 19.2 Å². The Balaban J connectivity index is 2.20. The van der Waals surface area contributed by atoms with Crippen molar-refractivity contribution in [3.05, 3.63) is 46.8 Å². The minimum absolute atomic E-state index is 0.163. The first kappa shape index (κ1) is 26.5. The van der Waals surface area contributed by atoms with E-state index in [-0.39, 0.29) is 18.4 Å². The van der Waals surface area contributed by atoms with E-state index < -0.39 is 41.4 Å². The summed E-state index contributed by atoms with van der Waals surface area (Å²) in [7, 11) is 1.54. The van der Waals surface area contributed by atoms with Crippen molar-refractivity contribution in [2.45, 2.75) is 51.6 Å². The van der Waals surface area contributed by atoms with E-state index in [1.54, 1.807) is 26.1 Å². The average molecular weight is 474 g/mol. The number of amides is 3. The van der Waals surface area contributed by atoms with Gasteiger partial charge < -0.3 is 30.8 Å². The summed E-state index contributed by atoms with van der Waals surface area (Å²) < 4.78 is 5.18. The Bertz CT molecular complexity index is 1110. The first-order chi connectivity index (χ1) is 16.1. The van der Waals surface area contributed by atoms with Crippen molar-refractivity contribution in [3.8, 4) is 0 Å². The van der Waals surface area contributed by atoms with Crippen LogP contribution in [0.4, 0.5) is 5.69 Å². The molecular formula is C23H29N4O7. The molecule has 11 heteroatoms. The molecule has 0 unspecified atom stereocenters. The highest BCUT2D eigenvalue weighted by Crippen LogP contribution is 2.21. The molecule has 0 aliphatic rings. The van der Waals surface area contributed by atoms with Crippen molar-refractivity contribution in [3.63, 3.8) is 0 Å². The summed E-state index contributed by atoms with van der Waals surface area (Å²) >= 11 is 0. The molecule has 34 heavy (non-hydrogen) atoms. The van der Waals surface area contributed by atoms with Crippen LogP contribution >= 0.6 is 0 Å². The Kier molecular flexibility index (Phi) is 9.75. The topological polar surface area (TPSA) is 167 Å². The van der Waals surface area contributed by atoms with E-state index >= 15 is 0 Å². The molecule has 2 rings (SSSR count). The van der Waals surface area contributed by atoms with Crippen molar-refractivity contribution >= 4 is 40.3 Å². The second kappa shape index (κ2) is 12.5. The molecule has 2 atom stereocenters. The largest absolute Gasteiger partial charge is 0.481 e. The predicted molar refractivity (Wildman–Crippen MR) is 125 cm³/mol. The molecule has 1 aromatic heterocycles. The third-order valence-electron chi connectivity index (χ3n) is 4.98. The van der Waals surface area contributed by atoms with E-state index in [0.29, 0.717) is 23.9 Å². The number of aryl methyl sites for hydroxylation is 1. The van der Waals surface area contributed by atoms with Crippen molar-refractivity contribution < 1.29 is 28.7 Å². The third-order valence-corrected chi connectivity index (χ3v) is 4.98. The van der Waals surface area contributed by atoms with Crippen LogP contribution in [0.5, 0.6) is 0 Å². The van der Waals surface area contributed by atoms with E-state index in [4.69, 9.17) is 9.52 Å². The van der Waals surface area contributed by atoms with E-state index in [0.717, 1.165) is 12.1 Å². The molecule has 0 saturated heterocycles. The van der Waals surface area contributed by atoms with Crippen LogP contribution in [0.1, 0.15) is 38.2 Å². The lowest BCUT2D eigenvalue weighted by Gasteiger charge is -2.22. The van der Waals surface area contributed by atoms with Crippen LogP contribution in [0, 0.1) is 13.5 Å². The molecule has 0 bridgehead atoms. The van der Waals surface area contributed by atoms with Crippen molar-refractivity contribution in [1.82, 2.24) is 16.0 Å². The van der Waals surface area contributed by atoms with Gasteiger partial charge in [0.1, 0.15) is 24.2 Å². The van der Waals surface area contributed by atoms with E-state index in [9.17, 15) is 24.0 Å². The summed E-state index contributed by atoms with van der Waals surface area (Å²) in [6, 6.07) is 4.05. The zero-order valence-corrected chi connectivity index (χ0v) is 19.3. The summed E-state index contributed by atoms with van der Waals surface area (Å²) in [5, 5.41) is 20.0. The molecule has 1 heterocycles. The predicted octanol–water partition coefficient (Wildman–Crippen LogP) is 1.06. The SMILES string of the molecule is CCC[C@H](NC(=O)[CH]NC)C(=O)N[C@@H](CCC(=O)O)C(=O)Nc1ccc2c(C)cc(=O)oc2c1. The maximum Gasteiger partial charge on any atom is 0.336 e. The van der Waals surface area contributed by atoms with Gasteiger partial charge in [0, 0.05) is 29.6 Å². The summed E-state index contributed by atoms with van der Waals surface area (Å²) in [5.41, 5.74) is 0.776. The monoisotopic (exact) mass is 473 g/mol. The molecule has 2 aromatic rings. The highest BCUT2D eigenvalue weighted by molar-refractivity contribution is 6.00. The lowest BCUT2D eigenvalue weighted by atomic mass is 10.1. The Hall–Kier alpha value is -3.73. The van der Waals surface area contributed by atoms with Gasteiger partial charge in [-0.05, 0) is 44.5 Å². The van der Waals surface area contributed by atoms with Crippen molar-refractivity contribution in [1.29, 1.82) is 0 Å². The molecule has 0 spiro atoms. The van der Waals surface area contributed by atoms with E-state index in [1.165, 1.54) is 12.1 Å². The van der Waals surface area contributed by atoms with Gasteiger partial charge in [0.2, 0.25) is 17.7 Å². The number of hydrogen-bond donors (Lipinski definition) is 5. The van der Waals surface area contributed by atoms with Gasteiger partial charge in [-0.3, -0.25) is 19.2 Å². The van der Waals surface area contributed by atoms with Crippen LogP contribution in [0.3, 0.4) is 0 Å². The summed E-state index contributed by atoms with van der Waals surface area (Å²) in [5.74, 6) is -2.88. The molecule has 1 aromatic carbocycles. The first-order valence-corrected chi connectivity index (χ1v) is 10.8. The molecule has 183 valence electrons. The van der Waals surface area contributed by atoms with Crippen LogP contribution in [0.25, 0.3) is 11.0 Å². The number of carbonyl (C=O) groups excluding carboxylic acids is 3. The lowest BCUT2D eigenvalue weighted by molar-refractivity contribution is -0.137. The number of rotatable bonds is 12. The fraction of sp³-hybridized carbons (Fsp3) is 0.391. The van der Waals surface area contributed by atoms with E-state index in [2.05, 4.69) is 21.3 Å². The van der Waals surface area contributed by atoms with Crippen LogP contribution in [-0.4, -0.2) is 47.9 Å². The summed E-state index contributed by atoms with van der Waals surface area (Å²) in [6.45, 7) is 4.75. The molecule has 11 nitrogen and oxygen atoms in total. The number of fused-ring (bicyclic) bond motifs is 1. The van der Waals surface area contributed by atoms with Gasteiger partial charge in [-0.15, -0.1) is 0 Å². The van der Waals surface area contributed by atoms with Crippen molar-refractivity contribution in [2.75, 3.05) is 12.4 Å². The molecular weight excluding hydrogens is 444 g/mol. The Morgan fingerprint density at radius 3 is 2.41 bits per heavy atom. The maximum atomic E-state index is 12.9. The Labute approximate surface area is 196 Å². The standard InChI is InChI=1S/C23H29N4O7/c1-4-5-16(26-19(28)12-24-3)23(33)27-17(8-9-20(29)30)22(32)25-14-6-7-15-13(2)10-21(31)34-18(15)11-14/h6-7,10-12,16-17,24H,4-5,8-9H2,1-3H3,(H,25,32)(H,26,28)(H,27,33)(H,29,30)/t16-,17-/m0/s1. The number of benzene rings is 1. The molecule has 1 radical (unpaired) electrons.